The van der Waals surface area contributed by atoms with Crippen molar-refractivity contribution in [3.8, 4) is 5.75 Å². The van der Waals surface area contributed by atoms with Crippen molar-refractivity contribution in [3.63, 3.8) is 0 Å². The molecule has 0 atom stereocenters. The van der Waals surface area contributed by atoms with Crippen LogP contribution in [0, 0.1) is 0 Å². The zero-order valence-electron chi connectivity index (χ0n) is 10.5. The van der Waals surface area contributed by atoms with Gasteiger partial charge in [-0.15, -0.1) is 0 Å². The normalized spacial score (nSPS) is 15.7. The minimum Gasteiger partial charge on any atom is -0.496 e. The first-order valence-electron chi connectivity index (χ1n) is 5.98. The van der Waals surface area contributed by atoms with Gasteiger partial charge in [-0.05, 0) is 31.0 Å². The molecule has 2 nitrogen and oxygen atoms in total. The van der Waals surface area contributed by atoms with E-state index in [1.54, 1.807) is 6.07 Å². The maximum atomic E-state index is 12.9. The van der Waals surface area contributed by atoms with E-state index in [-0.39, 0.29) is 5.75 Å². The topological polar surface area (TPSA) is 12.5 Å². The smallest absolute Gasteiger partial charge is 0.419 e. The van der Waals surface area contributed by atoms with Crippen molar-refractivity contribution in [1.29, 1.82) is 0 Å². The Balaban J connectivity index is 2.34. The van der Waals surface area contributed by atoms with Crippen LogP contribution in [0.1, 0.15) is 24.0 Å². The fourth-order valence-corrected chi connectivity index (χ4v) is 2.47. The summed E-state index contributed by atoms with van der Waals surface area (Å²) in [7, 11) is 1.23. The van der Waals surface area contributed by atoms with Crippen molar-refractivity contribution < 1.29 is 17.9 Å². The summed E-state index contributed by atoms with van der Waals surface area (Å²) in [5.74, 6) is -0.180. The predicted molar refractivity (Wildman–Crippen MR) is 70.5 cm³/mol. The highest BCUT2D eigenvalue weighted by Crippen LogP contribution is 2.37. The number of likely N-dealkylation sites (tertiary alicyclic amines) is 1. The summed E-state index contributed by atoms with van der Waals surface area (Å²) in [6.07, 6.45) is -2.38. The molecule has 0 N–H and O–H groups in total. The molecule has 0 aliphatic carbocycles. The molecule has 0 spiro atoms. The van der Waals surface area contributed by atoms with Crippen LogP contribution in [-0.2, 0) is 6.18 Å². The van der Waals surface area contributed by atoms with Gasteiger partial charge in [0.05, 0.1) is 12.7 Å². The van der Waals surface area contributed by atoms with Crippen LogP contribution in [0.3, 0.4) is 0 Å². The molecule has 0 unspecified atom stereocenters. The summed E-state index contributed by atoms with van der Waals surface area (Å²) in [4.78, 5) is 2.42. The Hall–Kier alpha value is -1.30. The quantitative estimate of drug-likeness (QED) is 0.773. The fraction of sp³-hybridized carbons (Fsp3) is 0.462. The Kier molecular flexibility index (Phi) is 3.99. The molecular weight excluding hydrogens is 275 g/mol. The van der Waals surface area contributed by atoms with Crippen LogP contribution in [0.4, 0.5) is 13.2 Å². The van der Waals surface area contributed by atoms with Crippen molar-refractivity contribution in [2.45, 2.75) is 19.0 Å². The Morgan fingerprint density at radius 3 is 2.42 bits per heavy atom. The lowest BCUT2D eigenvalue weighted by atomic mass is 10.1. The number of benzene rings is 1. The van der Waals surface area contributed by atoms with E-state index < -0.39 is 11.7 Å². The molecule has 104 valence electrons. The third kappa shape index (κ3) is 3.00. The van der Waals surface area contributed by atoms with Gasteiger partial charge in [-0.25, -0.2) is 0 Å². The number of thiocarbonyl (C=S) groups is 1. The zero-order chi connectivity index (χ0) is 14.0. The van der Waals surface area contributed by atoms with Crippen molar-refractivity contribution in [1.82, 2.24) is 4.90 Å². The van der Waals surface area contributed by atoms with E-state index >= 15 is 0 Å². The molecule has 2 rings (SSSR count). The second-order valence-corrected chi connectivity index (χ2v) is 4.80. The molecule has 0 aromatic heterocycles. The van der Waals surface area contributed by atoms with E-state index in [0.29, 0.717) is 10.6 Å². The molecule has 1 fully saturated rings. The summed E-state index contributed by atoms with van der Waals surface area (Å²) in [5, 5.41) is 0. The molecule has 1 aromatic rings. The standard InChI is InChI=1S/C13H14F3NOS/c1-18-11-5-4-9(8-10(11)13(14,15)16)12(19)17-6-2-3-7-17/h4-5,8H,2-3,6-7H2,1H3. The molecule has 0 bridgehead atoms. The second kappa shape index (κ2) is 5.36. The van der Waals surface area contributed by atoms with Crippen LogP contribution < -0.4 is 4.74 Å². The Morgan fingerprint density at radius 1 is 1.26 bits per heavy atom. The van der Waals surface area contributed by atoms with Crippen LogP contribution >= 0.6 is 12.2 Å². The molecule has 0 radical (unpaired) electrons. The number of methoxy groups -OCH3 is 1. The molecule has 6 heteroatoms. The van der Waals surface area contributed by atoms with Crippen LogP contribution in [0.5, 0.6) is 5.75 Å². The molecule has 0 saturated carbocycles. The number of rotatable bonds is 2. The molecule has 19 heavy (non-hydrogen) atoms. The number of halogens is 3. The van der Waals surface area contributed by atoms with E-state index in [2.05, 4.69) is 0 Å². The first-order chi connectivity index (χ1) is 8.93. The lowest BCUT2D eigenvalue weighted by Crippen LogP contribution is -2.27. The van der Waals surface area contributed by atoms with Crippen LogP contribution in [0.2, 0.25) is 0 Å². The highest BCUT2D eigenvalue weighted by Gasteiger charge is 2.35. The van der Waals surface area contributed by atoms with Gasteiger partial charge < -0.3 is 9.64 Å². The SMILES string of the molecule is COc1ccc(C(=S)N2CCCC2)cc1C(F)(F)F. The number of hydrogen-bond donors (Lipinski definition) is 0. The summed E-state index contributed by atoms with van der Waals surface area (Å²) < 4.78 is 43.5. The Bertz CT molecular complexity index is 481. The number of ether oxygens (including phenoxy) is 1. The summed E-state index contributed by atoms with van der Waals surface area (Å²) in [6.45, 7) is 1.62. The monoisotopic (exact) mass is 289 g/mol. The molecule has 1 aromatic carbocycles. The zero-order valence-corrected chi connectivity index (χ0v) is 11.3. The molecule has 1 aliphatic heterocycles. The maximum Gasteiger partial charge on any atom is 0.419 e. The highest BCUT2D eigenvalue weighted by atomic mass is 32.1. The van der Waals surface area contributed by atoms with Gasteiger partial charge in [0.2, 0.25) is 0 Å². The maximum absolute atomic E-state index is 12.9. The van der Waals surface area contributed by atoms with Gasteiger partial charge in [-0.1, -0.05) is 12.2 Å². The lowest BCUT2D eigenvalue weighted by molar-refractivity contribution is -0.138. The minimum absolute atomic E-state index is 0.180. The van der Waals surface area contributed by atoms with Gasteiger partial charge in [-0.3, -0.25) is 0 Å². The first kappa shape index (κ1) is 14.1. The van der Waals surface area contributed by atoms with E-state index in [4.69, 9.17) is 17.0 Å². The number of hydrogen-bond acceptors (Lipinski definition) is 2. The largest absolute Gasteiger partial charge is 0.496 e. The van der Waals surface area contributed by atoms with Crippen molar-refractivity contribution in [2.24, 2.45) is 0 Å². The summed E-state index contributed by atoms with van der Waals surface area (Å²) >= 11 is 5.26. The third-order valence-corrected chi connectivity index (χ3v) is 3.64. The Morgan fingerprint density at radius 2 is 1.89 bits per heavy atom. The third-order valence-electron chi connectivity index (χ3n) is 3.15. The minimum atomic E-state index is -4.44. The van der Waals surface area contributed by atoms with Crippen LogP contribution in [0.25, 0.3) is 0 Å². The molecule has 1 aliphatic rings. The van der Waals surface area contributed by atoms with E-state index in [1.807, 2.05) is 4.90 Å². The van der Waals surface area contributed by atoms with Crippen LogP contribution in [0.15, 0.2) is 18.2 Å². The van der Waals surface area contributed by atoms with Crippen molar-refractivity contribution in [2.75, 3.05) is 20.2 Å². The highest BCUT2D eigenvalue weighted by molar-refractivity contribution is 7.80. The number of alkyl halides is 3. The summed E-state index contributed by atoms with van der Waals surface area (Å²) in [6, 6.07) is 3.97. The van der Waals surface area contributed by atoms with E-state index in [9.17, 15) is 13.2 Å². The van der Waals surface area contributed by atoms with Gasteiger partial charge in [-0.2, -0.15) is 13.2 Å². The lowest BCUT2D eigenvalue weighted by Gasteiger charge is -2.20. The molecule has 0 amide bonds. The van der Waals surface area contributed by atoms with Crippen LogP contribution in [-0.4, -0.2) is 30.1 Å². The average molecular weight is 289 g/mol. The fourth-order valence-electron chi connectivity index (χ4n) is 2.17. The first-order valence-corrected chi connectivity index (χ1v) is 6.39. The van der Waals surface area contributed by atoms with Crippen molar-refractivity contribution >= 4 is 17.2 Å². The molecule has 1 heterocycles. The molecule has 1 saturated heterocycles. The van der Waals surface area contributed by atoms with Gasteiger partial charge in [0.15, 0.2) is 0 Å². The van der Waals surface area contributed by atoms with Gasteiger partial charge in [0.1, 0.15) is 10.7 Å². The van der Waals surface area contributed by atoms with E-state index in [0.717, 1.165) is 32.0 Å². The summed E-state index contributed by atoms with van der Waals surface area (Å²) in [5.41, 5.74) is -0.362. The van der Waals surface area contributed by atoms with Crippen molar-refractivity contribution in [3.05, 3.63) is 29.3 Å². The average Bonchev–Trinajstić information content (AvgIpc) is 2.90. The van der Waals surface area contributed by atoms with Gasteiger partial charge in [0.25, 0.3) is 0 Å². The number of nitrogens with zero attached hydrogens (tertiary/aromatic N) is 1. The molecular formula is C13H14F3NOS. The van der Waals surface area contributed by atoms with Gasteiger partial charge in [0, 0.05) is 18.7 Å². The predicted octanol–water partition coefficient (Wildman–Crippen LogP) is 3.49. The second-order valence-electron chi connectivity index (χ2n) is 4.41. The Labute approximate surface area is 115 Å². The van der Waals surface area contributed by atoms with E-state index in [1.165, 1.54) is 13.2 Å². The van der Waals surface area contributed by atoms with Gasteiger partial charge >= 0.3 is 6.18 Å².